The number of aryl methyl sites for hydroxylation is 1. The van der Waals surface area contributed by atoms with Crippen LogP contribution in [0, 0.1) is 17.0 Å². The van der Waals surface area contributed by atoms with E-state index in [1.54, 1.807) is 12.1 Å². The van der Waals surface area contributed by atoms with Crippen LogP contribution in [-0.4, -0.2) is 21.2 Å². The molecule has 1 atom stereocenters. The van der Waals surface area contributed by atoms with E-state index in [4.69, 9.17) is 9.84 Å². The van der Waals surface area contributed by atoms with Crippen LogP contribution in [0.2, 0.25) is 0 Å². The van der Waals surface area contributed by atoms with Gasteiger partial charge in [-0.25, -0.2) is 4.79 Å². The lowest BCUT2D eigenvalue weighted by Gasteiger charge is -2.16. The molecule has 1 heterocycles. The quantitative estimate of drug-likeness (QED) is 0.527. The maximum Gasteiger partial charge on any atom is 0.506 e. The molecule has 21 heavy (non-hydrogen) atoms. The Morgan fingerprint density at radius 2 is 1.86 bits per heavy atom. The van der Waals surface area contributed by atoms with Crippen molar-refractivity contribution in [1.29, 1.82) is 0 Å². The third-order valence-electron chi connectivity index (χ3n) is 2.86. The molecule has 0 spiro atoms. The summed E-state index contributed by atoms with van der Waals surface area (Å²) in [6.45, 7) is 1.81. The van der Waals surface area contributed by atoms with Crippen molar-refractivity contribution >= 4 is 11.8 Å². The third-order valence-corrected chi connectivity index (χ3v) is 2.86. The van der Waals surface area contributed by atoms with Gasteiger partial charge in [0, 0.05) is 29.6 Å². The lowest BCUT2D eigenvalue weighted by Crippen LogP contribution is -2.11. The highest BCUT2D eigenvalue weighted by atomic mass is 16.7. The monoisotopic (exact) mass is 288 g/mol. The smallest absolute Gasteiger partial charge is 0.450 e. The normalized spacial score (nSPS) is 11.7. The molecule has 1 unspecified atom stereocenters. The molecule has 1 aromatic heterocycles. The molecule has 0 aliphatic heterocycles. The van der Waals surface area contributed by atoms with E-state index in [0.717, 1.165) is 5.69 Å². The van der Waals surface area contributed by atoms with Gasteiger partial charge >= 0.3 is 6.16 Å². The van der Waals surface area contributed by atoms with Crippen molar-refractivity contribution in [2.24, 2.45) is 0 Å². The minimum Gasteiger partial charge on any atom is -0.450 e. The van der Waals surface area contributed by atoms with Crippen molar-refractivity contribution in [2.45, 2.75) is 13.0 Å². The van der Waals surface area contributed by atoms with E-state index in [9.17, 15) is 14.9 Å². The highest BCUT2D eigenvalue weighted by Gasteiger charge is 2.20. The average molecular weight is 288 g/mol. The molecule has 0 saturated carbocycles. The molecule has 0 aliphatic rings. The molecule has 0 aliphatic carbocycles. The first-order valence-electron chi connectivity index (χ1n) is 6.04. The second-order valence-corrected chi connectivity index (χ2v) is 4.35. The van der Waals surface area contributed by atoms with Gasteiger partial charge in [-0.2, -0.15) is 0 Å². The van der Waals surface area contributed by atoms with Crippen LogP contribution < -0.4 is 0 Å². The maximum absolute atomic E-state index is 10.8. The maximum atomic E-state index is 10.8. The van der Waals surface area contributed by atoms with Crippen LogP contribution in [0.4, 0.5) is 10.5 Å². The van der Waals surface area contributed by atoms with Gasteiger partial charge in [-0.05, 0) is 30.7 Å². The van der Waals surface area contributed by atoms with E-state index in [1.807, 2.05) is 6.92 Å². The lowest BCUT2D eigenvalue weighted by atomic mass is 10.0. The number of hydrogen-bond acceptors (Lipinski definition) is 5. The summed E-state index contributed by atoms with van der Waals surface area (Å²) in [4.78, 5) is 25.1. The van der Waals surface area contributed by atoms with E-state index >= 15 is 0 Å². The van der Waals surface area contributed by atoms with Gasteiger partial charge in [0.15, 0.2) is 6.10 Å². The number of nitrogens with zero attached hydrogens (tertiary/aromatic N) is 2. The van der Waals surface area contributed by atoms with Crippen LogP contribution in [0.3, 0.4) is 0 Å². The second-order valence-electron chi connectivity index (χ2n) is 4.35. The molecule has 1 aromatic carbocycles. The number of aromatic nitrogens is 1. The first-order valence-corrected chi connectivity index (χ1v) is 6.04. The Balaban J connectivity index is 2.37. The summed E-state index contributed by atoms with van der Waals surface area (Å²) in [5.41, 5.74) is 1.76. The van der Waals surface area contributed by atoms with Gasteiger partial charge in [0.1, 0.15) is 0 Å². The number of nitro groups is 1. The van der Waals surface area contributed by atoms with Crippen LogP contribution in [0.15, 0.2) is 42.6 Å². The van der Waals surface area contributed by atoms with Gasteiger partial charge in [0.05, 0.1) is 4.92 Å². The Labute approximate surface area is 120 Å². The standard InChI is InChI=1S/C14H12N2O5/c1-9-2-3-11(8-15-9)13(21-14(17)18)10-4-6-12(7-5-10)16(19)20/h2-8,13H,1H3,(H,17,18). The summed E-state index contributed by atoms with van der Waals surface area (Å²) in [5.74, 6) is 0. The molecule has 108 valence electrons. The number of pyridine rings is 1. The van der Waals surface area contributed by atoms with Crippen LogP contribution in [0.25, 0.3) is 0 Å². The highest BCUT2D eigenvalue weighted by molar-refractivity contribution is 5.58. The zero-order chi connectivity index (χ0) is 15.4. The highest BCUT2D eigenvalue weighted by Crippen LogP contribution is 2.27. The van der Waals surface area contributed by atoms with Crippen LogP contribution in [-0.2, 0) is 4.74 Å². The Hall–Kier alpha value is -2.96. The molecule has 1 N–H and O–H groups in total. The number of nitro benzene ring substituents is 1. The second kappa shape index (κ2) is 6.00. The summed E-state index contributed by atoms with van der Waals surface area (Å²) in [5, 5.41) is 19.5. The number of carbonyl (C=O) groups is 1. The van der Waals surface area contributed by atoms with Crippen molar-refractivity contribution < 1.29 is 19.6 Å². The molecular weight excluding hydrogens is 276 g/mol. The fourth-order valence-corrected chi connectivity index (χ4v) is 1.83. The zero-order valence-corrected chi connectivity index (χ0v) is 11.1. The molecule has 0 fully saturated rings. The molecular formula is C14H12N2O5. The zero-order valence-electron chi connectivity index (χ0n) is 11.1. The molecule has 0 saturated heterocycles. The summed E-state index contributed by atoms with van der Waals surface area (Å²) >= 11 is 0. The molecule has 0 bridgehead atoms. The Morgan fingerprint density at radius 3 is 2.33 bits per heavy atom. The predicted molar refractivity (Wildman–Crippen MR) is 73.0 cm³/mol. The minimum absolute atomic E-state index is 0.0742. The molecule has 7 nitrogen and oxygen atoms in total. The van der Waals surface area contributed by atoms with Gasteiger partial charge in [0.2, 0.25) is 0 Å². The summed E-state index contributed by atoms with van der Waals surface area (Å²) in [6, 6.07) is 8.97. The van der Waals surface area contributed by atoms with Crippen LogP contribution in [0.1, 0.15) is 22.9 Å². The number of carboxylic acid groups (broad SMARTS) is 1. The number of rotatable bonds is 4. The van der Waals surface area contributed by atoms with Crippen molar-refractivity contribution in [3.05, 3.63) is 69.5 Å². The van der Waals surface area contributed by atoms with Gasteiger partial charge in [0.25, 0.3) is 5.69 Å². The predicted octanol–water partition coefficient (Wildman–Crippen LogP) is 3.08. The molecule has 7 heteroatoms. The van der Waals surface area contributed by atoms with Gasteiger partial charge in [-0.3, -0.25) is 15.1 Å². The Bertz CT molecular complexity index is 652. The van der Waals surface area contributed by atoms with E-state index < -0.39 is 17.2 Å². The van der Waals surface area contributed by atoms with Crippen molar-refractivity contribution in [3.8, 4) is 0 Å². The first-order chi connectivity index (χ1) is 9.97. The fraction of sp³-hybridized carbons (Fsp3) is 0.143. The Kier molecular flexibility index (Phi) is 4.13. The van der Waals surface area contributed by atoms with Gasteiger partial charge in [-0.1, -0.05) is 6.07 Å². The lowest BCUT2D eigenvalue weighted by molar-refractivity contribution is -0.384. The van der Waals surface area contributed by atoms with Gasteiger partial charge in [-0.15, -0.1) is 0 Å². The van der Waals surface area contributed by atoms with Crippen LogP contribution >= 0.6 is 0 Å². The molecule has 2 aromatic rings. The van der Waals surface area contributed by atoms with E-state index in [-0.39, 0.29) is 5.69 Å². The third kappa shape index (κ3) is 3.53. The van der Waals surface area contributed by atoms with Crippen molar-refractivity contribution in [1.82, 2.24) is 4.98 Å². The Morgan fingerprint density at radius 1 is 1.24 bits per heavy atom. The van der Waals surface area contributed by atoms with E-state index in [0.29, 0.717) is 11.1 Å². The SMILES string of the molecule is Cc1ccc(C(OC(=O)O)c2ccc([N+](=O)[O-])cc2)cn1. The topological polar surface area (TPSA) is 103 Å². The average Bonchev–Trinajstić information content (AvgIpc) is 2.46. The summed E-state index contributed by atoms with van der Waals surface area (Å²) in [7, 11) is 0. The number of ether oxygens (including phenoxy) is 1. The van der Waals surface area contributed by atoms with Crippen LogP contribution in [0.5, 0.6) is 0 Å². The first kappa shape index (κ1) is 14.4. The number of non-ortho nitro benzene ring substituents is 1. The van der Waals surface area contributed by atoms with Gasteiger partial charge < -0.3 is 9.84 Å². The number of benzene rings is 1. The molecule has 0 radical (unpaired) electrons. The summed E-state index contributed by atoms with van der Waals surface area (Å²) < 4.78 is 4.87. The van der Waals surface area contributed by atoms with E-state index in [2.05, 4.69) is 4.98 Å². The minimum atomic E-state index is -1.43. The largest absolute Gasteiger partial charge is 0.506 e. The molecule has 2 rings (SSSR count). The van der Waals surface area contributed by atoms with Crippen molar-refractivity contribution in [2.75, 3.05) is 0 Å². The van der Waals surface area contributed by atoms with E-state index in [1.165, 1.54) is 30.5 Å². The van der Waals surface area contributed by atoms with Crippen molar-refractivity contribution in [3.63, 3.8) is 0 Å². The number of hydrogen-bond donors (Lipinski definition) is 1. The molecule has 0 amide bonds. The fourth-order valence-electron chi connectivity index (χ4n) is 1.83. The summed E-state index contributed by atoms with van der Waals surface area (Å²) in [6.07, 6.45) is -0.792.